The molecule has 0 atom stereocenters. The average Bonchev–Trinajstić information content (AvgIpc) is 3.52. The Labute approximate surface area is 234 Å². The van der Waals surface area contributed by atoms with Crippen LogP contribution in [0.4, 0.5) is 11.4 Å². The maximum atomic E-state index is 13.8. The van der Waals surface area contributed by atoms with Gasteiger partial charge < -0.3 is 19.5 Å². The van der Waals surface area contributed by atoms with Crippen molar-refractivity contribution in [2.75, 3.05) is 50.6 Å². The molecule has 0 aromatic heterocycles. The van der Waals surface area contributed by atoms with Crippen molar-refractivity contribution in [2.24, 2.45) is 0 Å². The normalized spacial score (nSPS) is 14.0. The number of carbonyl (C=O) groups is 1. The molecule has 0 unspecified atom stereocenters. The molecule has 214 valence electrons. The fourth-order valence-corrected chi connectivity index (χ4v) is 7.33. The highest BCUT2D eigenvalue weighted by atomic mass is 32.2. The van der Waals surface area contributed by atoms with Crippen molar-refractivity contribution in [1.82, 2.24) is 4.31 Å². The predicted octanol–water partition coefficient (Wildman–Crippen LogP) is 3.33. The van der Waals surface area contributed by atoms with Crippen LogP contribution >= 0.6 is 0 Å². The van der Waals surface area contributed by atoms with Crippen LogP contribution in [0.5, 0.6) is 17.2 Å². The maximum Gasteiger partial charge on any atom is 0.264 e. The number of ether oxygens (including phenoxy) is 3. The summed E-state index contributed by atoms with van der Waals surface area (Å²) in [7, 11) is -3.77. The number of anilines is 2. The first kappa shape index (κ1) is 29.2. The summed E-state index contributed by atoms with van der Waals surface area (Å²) >= 11 is 0. The molecule has 0 spiro atoms. The number of methoxy groups -OCH3 is 3. The molecule has 40 heavy (non-hydrogen) atoms. The summed E-state index contributed by atoms with van der Waals surface area (Å²) in [5, 5.41) is 2.63. The molecule has 1 fully saturated rings. The van der Waals surface area contributed by atoms with Crippen molar-refractivity contribution in [1.29, 1.82) is 0 Å². The molecule has 0 aliphatic carbocycles. The van der Waals surface area contributed by atoms with Crippen molar-refractivity contribution in [2.45, 2.75) is 22.6 Å². The van der Waals surface area contributed by atoms with Crippen LogP contribution in [0.3, 0.4) is 0 Å². The van der Waals surface area contributed by atoms with Crippen LogP contribution in [0.1, 0.15) is 12.8 Å². The van der Waals surface area contributed by atoms with Crippen molar-refractivity contribution >= 4 is 37.3 Å². The standard InChI is InChI=1S/C27H31N3O8S2/c1-36-20-10-12-21(13-11-20)40(34,35)30(24-8-4-5-9-26(24)38-3)19-27(31)28-23-18-22(14-15-25(23)37-2)39(32,33)29-16-6-7-17-29/h4-5,8-15,18H,6-7,16-17,19H2,1-3H3,(H,28,31). The number of carbonyl (C=O) groups excluding carboxylic acids is 1. The van der Waals surface area contributed by atoms with E-state index >= 15 is 0 Å². The highest BCUT2D eigenvalue weighted by Crippen LogP contribution is 2.34. The molecule has 3 aromatic carbocycles. The zero-order valence-electron chi connectivity index (χ0n) is 22.4. The zero-order chi connectivity index (χ0) is 28.9. The molecule has 13 heteroatoms. The third kappa shape index (κ3) is 6.01. The van der Waals surface area contributed by atoms with Gasteiger partial charge in [0.15, 0.2) is 0 Å². The van der Waals surface area contributed by atoms with Gasteiger partial charge in [-0.3, -0.25) is 9.10 Å². The minimum atomic E-state index is -4.25. The molecule has 0 radical (unpaired) electrons. The molecule has 0 saturated carbocycles. The minimum absolute atomic E-state index is 0.00191. The first-order chi connectivity index (χ1) is 19.1. The molecule has 0 bridgehead atoms. The summed E-state index contributed by atoms with van der Waals surface area (Å²) in [5.41, 5.74) is 0.239. The fraction of sp³-hybridized carbons (Fsp3) is 0.296. The third-order valence-corrected chi connectivity index (χ3v) is 10.1. The van der Waals surface area contributed by atoms with Crippen molar-refractivity contribution in [3.05, 3.63) is 66.7 Å². The van der Waals surface area contributed by atoms with Crippen LogP contribution in [0.25, 0.3) is 0 Å². The summed E-state index contributed by atoms with van der Waals surface area (Å²) in [6, 6.07) is 16.4. The number of hydrogen-bond donors (Lipinski definition) is 1. The second kappa shape index (κ2) is 12.1. The molecule has 1 amide bonds. The number of sulfonamides is 2. The minimum Gasteiger partial charge on any atom is -0.497 e. The highest BCUT2D eigenvalue weighted by Gasteiger charge is 2.31. The Bertz CT molecular complexity index is 1570. The molecule has 1 aliphatic rings. The van der Waals surface area contributed by atoms with Gasteiger partial charge in [0.1, 0.15) is 23.8 Å². The predicted molar refractivity (Wildman–Crippen MR) is 150 cm³/mol. The van der Waals surface area contributed by atoms with E-state index in [9.17, 15) is 21.6 Å². The number of nitrogens with zero attached hydrogens (tertiary/aromatic N) is 2. The first-order valence-electron chi connectivity index (χ1n) is 12.4. The third-order valence-electron chi connectivity index (χ3n) is 6.44. The van der Waals surface area contributed by atoms with Crippen LogP contribution in [-0.2, 0) is 24.8 Å². The van der Waals surface area contributed by atoms with Crippen LogP contribution in [0.2, 0.25) is 0 Å². The Balaban J connectivity index is 1.69. The molecular formula is C27H31N3O8S2. The van der Waals surface area contributed by atoms with E-state index in [0.29, 0.717) is 18.8 Å². The van der Waals surface area contributed by atoms with E-state index in [1.807, 2.05) is 0 Å². The quantitative estimate of drug-likeness (QED) is 0.360. The second-order valence-electron chi connectivity index (χ2n) is 8.88. The van der Waals surface area contributed by atoms with Gasteiger partial charge in [-0.2, -0.15) is 4.31 Å². The Morgan fingerprint density at radius 1 is 0.825 bits per heavy atom. The van der Waals surface area contributed by atoms with E-state index < -0.39 is 32.5 Å². The SMILES string of the molecule is COc1ccc(S(=O)(=O)N(CC(=O)Nc2cc(S(=O)(=O)N3CCCC3)ccc2OC)c2ccccc2OC)cc1. The molecule has 1 heterocycles. The van der Waals surface area contributed by atoms with E-state index in [0.717, 1.165) is 17.1 Å². The van der Waals surface area contributed by atoms with Gasteiger partial charge in [0.2, 0.25) is 15.9 Å². The molecule has 11 nitrogen and oxygen atoms in total. The lowest BCUT2D eigenvalue weighted by Crippen LogP contribution is -2.38. The summed E-state index contributed by atoms with van der Waals surface area (Å²) in [4.78, 5) is 13.3. The monoisotopic (exact) mass is 589 g/mol. The Morgan fingerprint density at radius 2 is 1.45 bits per heavy atom. The summed E-state index contributed by atoms with van der Waals surface area (Å²) in [5.74, 6) is 0.202. The van der Waals surface area contributed by atoms with Gasteiger partial charge in [-0.15, -0.1) is 0 Å². The molecule has 1 aliphatic heterocycles. The fourth-order valence-electron chi connectivity index (χ4n) is 4.35. The van der Waals surface area contributed by atoms with E-state index in [1.54, 1.807) is 18.2 Å². The van der Waals surface area contributed by atoms with Gasteiger partial charge in [0.05, 0.1) is 42.5 Å². The number of para-hydroxylation sites is 2. The smallest absolute Gasteiger partial charge is 0.264 e. The Kier molecular flexibility index (Phi) is 8.86. The molecule has 4 rings (SSSR count). The highest BCUT2D eigenvalue weighted by molar-refractivity contribution is 7.93. The Morgan fingerprint density at radius 3 is 2.08 bits per heavy atom. The number of amides is 1. The average molecular weight is 590 g/mol. The van der Waals surface area contributed by atoms with Gasteiger partial charge >= 0.3 is 0 Å². The van der Waals surface area contributed by atoms with E-state index in [2.05, 4.69) is 5.32 Å². The number of benzene rings is 3. The lowest BCUT2D eigenvalue weighted by molar-refractivity contribution is -0.114. The summed E-state index contributed by atoms with van der Waals surface area (Å²) in [6.07, 6.45) is 1.56. The van der Waals surface area contributed by atoms with E-state index in [1.165, 1.54) is 74.2 Å². The van der Waals surface area contributed by atoms with Crippen molar-refractivity contribution < 1.29 is 35.8 Å². The van der Waals surface area contributed by atoms with Gasteiger partial charge in [0.25, 0.3) is 10.0 Å². The second-order valence-corrected chi connectivity index (χ2v) is 12.7. The number of hydrogen-bond acceptors (Lipinski definition) is 8. The molecular weight excluding hydrogens is 558 g/mol. The lowest BCUT2D eigenvalue weighted by atomic mass is 10.2. The van der Waals surface area contributed by atoms with Crippen LogP contribution in [0, 0.1) is 0 Å². The van der Waals surface area contributed by atoms with Crippen LogP contribution in [-0.4, -0.2) is 68.0 Å². The largest absolute Gasteiger partial charge is 0.497 e. The molecule has 1 N–H and O–H groups in total. The first-order valence-corrected chi connectivity index (χ1v) is 15.3. The topological polar surface area (TPSA) is 132 Å². The maximum absolute atomic E-state index is 13.8. The zero-order valence-corrected chi connectivity index (χ0v) is 24.0. The number of rotatable bonds is 11. The Hall–Kier alpha value is -3.81. The molecule has 1 saturated heterocycles. The van der Waals surface area contributed by atoms with Crippen molar-refractivity contribution in [3.8, 4) is 17.2 Å². The lowest BCUT2D eigenvalue weighted by Gasteiger charge is -2.26. The van der Waals surface area contributed by atoms with Gasteiger partial charge in [-0.25, -0.2) is 16.8 Å². The van der Waals surface area contributed by atoms with Crippen LogP contribution in [0.15, 0.2) is 76.5 Å². The summed E-state index contributed by atoms with van der Waals surface area (Å²) in [6.45, 7) is 0.210. The number of nitrogens with one attached hydrogen (secondary N) is 1. The van der Waals surface area contributed by atoms with Crippen LogP contribution < -0.4 is 23.8 Å². The molecule has 3 aromatic rings. The summed E-state index contributed by atoms with van der Waals surface area (Å²) < 4.78 is 71.9. The van der Waals surface area contributed by atoms with Crippen molar-refractivity contribution in [3.63, 3.8) is 0 Å². The van der Waals surface area contributed by atoms with Gasteiger partial charge in [-0.1, -0.05) is 12.1 Å². The van der Waals surface area contributed by atoms with E-state index in [4.69, 9.17) is 14.2 Å². The van der Waals surface area contributed by atoms with E-state index in [-0.39, 0.29) is 32.7 Å². The van der Waals surface area contributed by atoms with Gasteiger partial charge in [-0.05, 0) is 67.4 Å². The van der Waals surface area contributed by atoms with Gasteiger partial charge in [0, 0.05) is 13.1 Å².